The van der Waals surface area contributed by atoms with E-state index in [9.17, 15) is 10.2 Å². The molecule has 0 aromatic carbocycles. The molecule has 0 spiro atoms. The molecule has 0 unspecified atom stereocenters. The third kappa shape index (κ3) is 3.94. The lowest BCUT2D eigenvalue weighted by Gasteiger charge is -2.57. The van der Waals surface area contributed by atoms with Crippen LogP contribution in [0.2, 0.25) is 0 Å². The van der Waals surface area contributed by atoms with Crippen molar-refractivity contribution in [2.24, 2.45) is 46.8 Å². The van der Waals surface area contributed by atoms with Crippen LogP contribution in [0.15, 0.2) is 11.6 Å². The van der Waals surface area contributed by atoms with E-state index >= 15 is 0 Å². The molecule has 9 atom stereocenters. The standard InChI is InChI=1S/C28H48O2/c1-6-28(30)16-15-27(5)20(17-28)8-9-24-23-11-10-21(22(23)12-13-25(24)27)19(4)7-14-26(29)18(2)3/h8,18-19,21-26,29-30H,6-7,9-17H2,1-5H3/t19-,21-,22-,23-,24+,25+,26+,27+,28+/m1/s1. The number of aliphatic hydroxyl groups excluding tert-OH is 1. The second-order valence-corrected chi connectivity index (χ2v) is 12.4. The highest BCUT2D eigenvalue weighted by Gasteiger charge is 2.55. The first-order chi connectivity index (χ1) is 14.2. The predicted molar refractivity (Wildman–Crippen MR) is 125 cm³/mol. The Bertz CT molecular complexity index is 639. The van der Waals surface area contributed by atoms with Gasteiger partial charge in [0.2, 0.25) is 0 Å². The molecule has 0 aromatic rings. The lowest BCUT2D eigenvalue weighted by molar-refractivity contribution is -0.0526. The SMILES string of the molecule is CC[C@]1(O)CC[C@@]2(C)C(=CC[C@H]3[C@@H]4CC[C@H]([C@H](C)CC[C@H](O)C(C)C)[C@H]4CC[C@@H]32)C1. The van der Waals surface area contributed by atoms with Gasteiger partial charge in [-0.2, -0.15) is 0 Å². The van der Waals surface area contributed by atoms with E-state index in [4.69, 9.17) is 0 Å². The zero-order valence-electron chi connectivity index (χ0n) is 20.4. The number of fused-ring (bicyclic) bond motifs is 5. The van der Waals surface area contributed by atoms with E-state index in [1.165, 1.54) is 44.9 Å². The van der Waals surface area contributed by atoms with Crippen LogP contribution in [0.4, 0.5) is 0 Å². The Hall–Kier alpha value is -0.340. The zero-order valence-corrected chi connectivity index (χ0v) is 20.4. The minimum atomic E-state index is -0.441. The first kappa shape index (κ1) is 22.8. The van der Waals surface area contributed by atoms with Gasteiger partial charge in [0.1, 0.15) is 0 Å². The van der Waals surface area contributed by atoms with E-state index in [1.54, 1.807) is 5.57 Å². The maximum atomic E-state index is 10.9. The van der Waals surface area contributed by atoms with Crippen LogP contribution >= 0.6 is 0 Å². The van der Waals surface area contributed by atoms with Gasteiger partial charge in [-0.3, -0.25) is 0 Å². The third-order valence-corrected chi connectivity index (χ3v) is 10.7. The molecule has 2 nitrogen and oxygen atoms in total. The van der Waals surface area contributed by atoms with Crippen molar-refractivity contribution in [3.63, 3.8) is 0 Å². The van der Waals surface area contributed by atoms with Crippen LogP contribution < -0.4 is 0 Å². The number of aliphatic hydroxyl groups is 2. The van der Waals surface area contributed by atoms with Gasteiger partial charge in [-0.15, -0.1) is 0 Å². The zero-order chi connectivity index (χ0) is 21.7. The van der Waals surface area contributed by atoms with E-state index < -0.39 is 5.60 Å². The van der Waals surface area contributed by atoms with Crippen LogP contribution in [-0.4, -0.2) is 21.9 Å². The van der Waals surface area contributed by atoms with Crippen LogP contribution in [0.3, 0.4) is 0 Å². The molecule has 2 heteroatoms. The molecule has 2 N–H and O–H groups in total. The highest BCUT2D eigenvalue weighted by Crippen LogP contribution is 2.63. The molecule has 30 heavy (non-hydrogen) atoms. The average molecular weight is 417 g/mol. The summed E-state index contributed by atoms with van der Waals surface area (Å²) in [5, 5.41) is 21.2. The number of hydrogen-bond acceptors (Lipinski definition) is 2. The number of allylic oxidation sites excluding steroid dienone is 1. The van der Waals surface area contributed by atoms with Crippen LogP contribution in [0.5, 0.6) is 0 Å². The van der Waals surface area contributed by atoms with E-state index in [0.29, 0.717) is 11.3 Å². The Morgan fingerprint density at radius 3 is 2.43 bits per heavy atom. The Labute approximate surface area is 185 Å². The summed E-state index contributed by atoms with van der Waals surface area (Å²) in [5.74, 6) is 5.59. The maximum Gasteiger partial charge on any atom is 0.0682 e. The van der Waals surface area contributed by atoms with Gasteiger partial charge in [0.25, 0.3) is 0 Å². The van der Waals surface area contributed by atoms with Gasteiger partial charge in [0, 0.05) is 0 Å². The van der Waals surface area contributed by atoms with Crippen molar-refractivity contribution in [3.05, 3.63) is 11.6 Å². The van der Waals surface area contributed by atoms with Gasteiger partial charge < -0.3 is 10.2 Å². The van der Waals surface area contributed by atoms with Crippen molar-refractivity contribution >= 4 is 0 Å². The van der Waals surface area contributed by atoms with Crippen molar-refractivity contribution in [2.75, 3.05) is 0 Å². The minimum Gasteiger partial charge on any atom is -0.393 e. The van der Waals surface area contributed by atoms with Gasteiger partial charge in [0.15, 0.2) is 0 Å². The maximum absolute atomic E-state index is 10.9. The third-order valence-electron chi connectivity index (χ3n) is 10.7. The molecule has 3 saturated carbocycles. The molecule has 0 heterocycles. The average Bonchev–Trinajstić information content (AvgIpc) is 3.16. The van der Waals surface area contributed by atoms with Gasteiger partial charge in [-0.1, -0.05) is 46.3 Å². The molecule has 4 aliphatic carbocycles. The molecule has 172 valence electrons. The molecule has 0 aromatic heterocycles. The monoisotopic (exact) mass is 416 g/mol. The molecule has 0 saturated heterocycles. The van der Waals surface area contributed by atoms with Gasteiger partial charge in [0.05, 0.1) is 11.7 Å². The molecule has 0 aliphatic heterocycles. The summed E-state index contributed by atoms with van der Waals surface area (Å²) in [4.78, 5) is 0. The second-order valence-electron chi connectivity index (χ2n) is 12.4. The van der Waals surface area contributed by atoms with Crippen LogP contribution in [0, 0.1) is 46.8 Å². The quantitative estimate of drug-likeness (QED) is 0.470. The fraction of sp³-hybridized carbons (Fsp3) is 0.929. The minimum absolute atomic E-state index is 0.129. The van der Waals surface area contributed by atoms with Crippen molar-refractivity contribution < 1.29 is 10.2 Å². The van der Waals surface area contributed by atoms with E-state index in [0.717, 1.165) is 61.2 Å². The summed E-state index contributed by atoms with van der Waals surface area (Å²) in [5.41, 5.74) is 1.51. The highest BCUT2D eigenvalue weighted by atomic mass is 16.3. The largest absolute Gasteiger partial charge is 0.393 e. The first-order valence-corrected chi connectivity index (χ1v) is 13.3. The van der Waals surface area contributed by atoms with Crippen LogP contribution in [0.1, 0.15) is 105 Å². The fourth-order valence-electron chi connectivity index (χ4n) is 8.40. The van der Waals surface area contributed by atoms with Crippen molar-refractivity contribution in [1.82, 2.24) is 0 Å². The van der Waals surface area contributed by atoms with Crippen LogP contribution in [0.25, 0.3) is 0 Å². The van der Waals surface area contributed by atoms with Crippen molar-refractivity contribution in [3.8, 4) is 0 Å². The van der Waals surface area contributed by atoms with E-state index in [-0.39, 0.29) is 6.10 Å². The summed E-state index contributed by atoms with van der Waals surface area (Å²) in [6, 6.07) is 0. The summed E-state index contributed by atoms with van der Waals surface area (Å²) >= 11 is 0. The Balaban J connectivity index is 1.44. The summed E-state index contributed by atoms with van der Waals surface area (Å²) in [6.45, 7) is 11.5. The van der Waals surface area contributed by atoms with E-state index in [2.05, 4.69) is 40.7 Å². The molecule has 0 amide bonds. The second kappa shape index (κ2) is 8.54. The van der Waals surface area contributed by atoms with E-state index in [1.807, 2.05) is 0 Å². The normalized spacial score (nSPS) is 45.3. The molecule has 4 aliphatic rings. The lowest BCUT2D eigenvalue weighted by atomic mass is 9.49. The summed E-state index contributed by atoms with van der Waals surface area (Å²) in [6.07, 6.45) is 15.6. The molecule has 0 radical (unpaired) electrons. The number of hydrogen-bond donors (Lipinski definition) is 2. The van der Waals surface area contributed by atoms with Crippen molar-refractivity contribution in [1.29, 1.82) is 0 Å². The van der Waals surface area contributed by atoms with Gasteiger partial charge >= 0.3 is 0 Å². The molecular formula is C28H48O2. The Morgan fingerprint density at radius 2 is 1.73 bits per heavy atom. The topological polar surface area (TPSA) is 40.5 Å². The predicted octanol–water partition coefficient (Wildman–Crippen LogP) is 6.75. The smallest absolute Gasteiger partial charge is 0.0682 e. The lowest BCUT2D eigenvalue weighted by Crippen LogP contribution is -2.50. The molecule has 0 bridgehead atoms. The molecule has 4 rings (SSSR count). The summed E-state index contributed by atoms with van der Waals surface area (Å²) in [7, 11) is 0. The van der Waals surface area contributed by atoms with Crippen molar-refractivity contribution in [2.45, 2.75) is 117 Å². The fourth-order valence-corrected chi connectivity index (χ4v) is 8.40. The molecule has 3 fully saturated rings. The highest BCUT2D eigenvalue weighted by molar-refractivity contribution is 5.26. The van der Waals surface area contributed by atoms with Crippen LogP contribution in [-0.2, 0) is 0 Å². The number of rotatable bonds is 6. The Morgan fingerprint density at radius 1 is 1.00 bits per heavy atom. The first-order valence-electron chi connectivity index (χ1n) is 13.3. The van der Waals surface area contributed by atoms with Gasteiger partial charge in [-0.25, -0.2) is 0 Å². The summed E-state index contributed by atoms with van der Waals surface area (Å²) < 4.78 is 0. The Kier molecular flexibility index (Phi) is 6.50. The van der Waals surface area contributed by atoms with Gasteiger partial charge in [-0.05, 0) is 117 Å². The molecular weight excluding hydrogens is 368 g/mol.